The third-order valence-corrected chi connectivity index (χ3v) is 2.76. The minimum atomic E-state index is -4.20. The molecule has 0 aliphatic heterocycles. The number of ether oxygens (including phenoxy) is 1. The Labute approximate surface area is 113 Å². The van der Waals surface area contributed by atoms with Gasteiger partial charge in [0.05, 0.1) is 0 Å². The van der Waals surface area contributed by atoms with E-state index in [1.165, 1.54) is 12.1 Å². The first-order valence-electron chi connectivity index (χ1n) is 4.48. The first kappa shape index (κ1) is 14.7. The highest BCUT2D eigenvalue weighted by atomic mass is 127. The molecule has 1 aromatic carbocycles. The Morgan fingerprint density at radius 3 is 2.50 bits per heavy atom. The van der Waals surface area contributed by atoms with Crippen LogP contribution in [0.25, 0.3) is 0 Å². The molecule has 1 N–H and O–H groups in total. The predicted octanol–water partition coefficient (Wildman–Crippen LogP) is 2.31. The Bertz CT molecular complexity index is 470. The van der Waals surface area contributed by atoms with E-state index in [0.29, 0.717) is 0 Å². The summed E-state index contributed by atoms with van der Waals surface area (Å²) >= 11 is 1.63. The van der Waals surface area contributed by atoms with Crippen LogP contribution in [0.4, 0.5) is 13.2 Å². The summed E-state index contributed by atoms with van der Waals surface area (Å²) in [5, 5.41) is 8.12. The normalized spacial score (nSPS) is 11.1. The van der Waals surface area contributed by atoms with Crippen molar-refractivity contribution in [2.45, 2.75) is 5.92 Å². The molecule has 0 saturated heterocycles. The second-order valence-corrected chi connectivity index (χ2v) is 4.34. The highest BCUT2D eigenvalue weighted by molar-refractivity contribution is 14.1. The van der Waals surface area contributed by atoms with Gasteiger partial charge in [-0.15, -0.1) is 0 Å². The molecule has 0 aromatic heterocycles. The van der Waals surface area contributed by atoms with Crippen LogP contribution in [0.15, 0.2) is 18.2 Å². The summed E-state index contributed by atoms with van der Waals surface area (Å²) in [4.78, 5) is 21.4. The van der Waals surface area contributed by atoms with Crippen molar-refractivity contribution in [3.63, 3.8) is 0 Å². The number of carbonyl (C=O) groups excluding carboxylic acids is 1. The van der Waals surface area contributed by atoms with Gasteiger partial charge in [0, 0.05) is 3.57 Å². The fourth-order valence-electron chi connectivity index (χ4n) is 0.983. The summed E-state index contributed by atoms with van der Waals surface area (Å²) < 4.78 is 42.9. The van der Waals surface area contributed by atoms with Crippen LogP contribution in [-0.2, 0) is 9.53 Å². The second kappa shape index (κ2) is 5.55. The Morgan fingerprint density at radius 2 is 2.00 bits per heavy atom. The number of carboxylic acid groups (broad SMARTS) is 1. The van der Waals surface area contributed by atoms with Gasteiger partial charge in [0.1, 0.15) is 11.4 Å². The Kier molecular flexibility index (Phi) is 4.54. The molecule has 0 bridgehead atoms. The molecular weight excluding hydrogens is 368 g/mol. The molecule has 1 aromatic rings. The molecule has 0 radical (unpaired) electrons. The highest BCUT2D eigenvalue weighted by Crippen LogP contribution is 2.19. The summed E-state index contributed by atoms with van der Waals surface area (Å²) in [6, 6.07) is 3.68. The van der Waals surface area contributed by atoms with E-state index in [0.717, 1.165) is 6.07 Å². The van der Waals surface area contributed by atoms with Gasteiger partial charge in [0.15, 0.2) is 6.61 Å². The number of alkyl halides is 2. The van der Waals surface area contributed by atoms with Crippen molar-refractivity contribution in [3.05, 3.63) is 33.1 Å². The van der Waals surface area contributed by atoms with E-state index in [1.807, 2.05) is 0 Å². The maximum absolute atomic E-state index is 13.3. The molecule has 0 aliphatic rings. The van der Waals surface area contributed by atoms with Crippen molar-refractivity contribution in [3.8, 4) is 0 Å². The van der Waals surface area contributed by atoms with Crippen molar-refractivity contribution in [1.29, 1.82) is 0 Å². The van der Waals surface area contributed by atoms with Gasteiger partial charge in [0.25, 0.3) is 0 Å². The van der Waals surface area contributed by atoms with Crippen molar-refractivity contribution < 1.29 is 32.6 Å². The van der Waals surface area contributed by atoms with E-state index >= 15 is 0 Å². The maximum Gasteiger partial charge on any atom is 0.378 e. The Hall–Kier alpha value is -1.32. The lowest BCUT2D eigenvalue weighted by atomic mass is 10.2. The van der Waals surface area contributed by atoms with Crippen LogP contribution < -0.4 is 0 Å². The Balaban J connectivity index is 2.82. The van der Waals surface area contributed by atoms with E-state index in [-0.39, 0.29) is 3.57 Å². The zero-order chi connectivity index (χ0) is 13.9. The van der Waals surface area contributed by atoms with E-state index in [9.17, 15) is 22.8 Å². The minimum absolute atomic E-state index is 0.177. The second-order valence-electron chi connectivity index (χ2n) is 3.18. The van der Waals surface area contributed by atoms with Crippen LogP contribution in [0.2, 0.25) is 0 Å². The van der Waals surface area contributed by atoms with E-state index in [4.69, 9.17) is 5.11 Å². The van der Waals surface area contributed by atoms with Gasteiger partial charge >= 0.3 is 17.9 Å². The van der Waals surface area contributed by atoms with Gasteiger partial charge in [-0.3, -0.25) is 0 Å². The number of hydrogen-bond donors (Lipinski definition) is 1. The largest absolute Gasteiger partial charge is 0.477 e. The lowest BCUT2D eigenvalue weighted by molar-refractivity contribution is -0.170. The number of carboxylic acids is 1. The lowest BCUT2D eigenvalue weighted by Gasteiger charge is -2.12. The molecule has 0 saturated carbocycles. The molecule has 0 aliphatic carbocycles. The molecule has 0 spiro atoms. The number of halogens is 4. The maximum atomic E-state index is 13.3. The zero-order valence-corrected chi connectivity index (χ0v) is 10.8. The third-order valence-electron chi connectivity index (χ3n) is 1.86. The molecule has 1 rings (SSSR count). The SMILES string of the molecule is O=C(OCC(F)(F)C(=O)O)c1c(F)cccc1I. The molecular formula is C10H6F3IO4. The molecule has 98 valence electrons. The molecule has 0 unspecified atom stereocenters. The molecule has 8 heteroatoms. The predicted molar refractivity (Wildman–Crippen MR) is 62.0 cm³/mol. The number of hydrogen-bond acceptors (Lipinski definition) is 3. The van der Waals surface area contributed by atoms with Gasteiger partial charge < -0.3 is 9.84 Å². The quantitative estimate of drug-likeness (QED) is 0.649. The fourth-order valence-corrected chi connectivity index (χ4v) is 1.67. The average molecular weight is 374 g/mol. The first-order chi connectivity index (χ1) is 8.25. The van der Waals surface area contributed by atoms with Gasteiger partial charge in [-0.25, -0.2) is 14.0 Å². The highest BCUT2D eigenvalue weighted by Gasteiger charge is 2.40. The molecule has 0 atom stereocenters. The van der Waals surface area contributed by atoms with Gasteiger partial charge in [-0.2, -0.15) is 8.78 Å². The van der Waals surface area contributed by atoms with Crippen LogP contribution in [0.3, 0.4) is 0 Å². The van der Waals surface area contributed by atoms with Crippen LogP contribution >= 0.6 is 22.6 Å². The van der Waals surface area contributed by atoms with Gasteiger partial charge in [-0.05, 0) is 34.7 Å². The van der Waals surface area contributed by atoms with Gasteiger partial charge in [0.2, 0.25) is 0 Å². The smallest absolute Gasteiger partial charge is 0.378 e. The van der Waals surface area contributed by atoms with Crippen molar-refractivity contribution in [1.82, 2.24) is 0 Å². The van der Waals surface area contributed by atoms with Crippen LogP contribution in [0, 0.1) is 9.39 Å². The molecule has 18 heavy (non-hydrogen) atoms. The fraction of sp³-hybridized carbons (Fsp3) is 0.200. The van der Waals surface area contributed by atoms with E-state index in [2.05, 4.69) is 4.74 Å². The number of carbonyl (C=O) groups is 2. The lowest BCUT2D eigenvalue weighted by Crippen LogP contribution is -2.34. The van der Waals surface area contributed by atoms with Crippen molar-refractivity contribution in [2.24, 2.45) is 0 Å². The van der Waals surface area contributed by atoms with E-state index in [1.54, 1.807) is 22.6 Å². The van der Waals surface area contributed by atoms with Crippen molar-refractivity contribution in [2.75, 3.05) is 6.61 Å². The summed E-state index contributed by atoms with van der Waals surface area (Å²) in [6.45, 7) is -1.65. The van der Waals surface area contributed by atoms with Crippen LogP contribution in [0.1, 0.15) is 10.4 Å². The summed E-state index contributed by atoms with van der Waals surface area (Å²) in [7, 11) is 0. The average Bonchev–Trinajstić information content (AvgIpc) is 2.26. The third kappa shape index (κ3) is 3.34. The number of esters is 1. The summed E-state index contributed by atoms with van der Waals surface area (Å²) in [5.41, 5.74) is -0.501. The molecule has 4 nitrogen and oxygen atoms in total. The standard InChI is InChI=1S/C10H6F3IO4/c11-5-2-1-3-6(14)7(5)8(15)18-4-10(12,13)9(16)17/h1-3H,4H2,(H,16,17). The van der Waals surface area contributed by atoms with Crippen molar-refractivity contribution >= 4 is 34.5 Å². The van der Waals surface area contributed by atoms with Crippen LogP contribution in [-0.4, -0.2) is 29.6 Å². The number of benzene rings is 1. The molecule has 0 amide bonds. The summed E-state index contributed by atoms with van der Waals surface area (Å²) in [6.07, 6.45) is 0. The summed E-state index contributed by atoms with van der Waals surface area (Å²) in [5.74, 6) is -8.88. The Morgan fingerprint density at radius 1 is 1.39 bits per heavy atom. The topological polar surface area (TPSA) is 63.6 Å². The zero-order valence-electron chi connectivity index (χ0n) is 8.62. The van der Waals surface area contributed by atoms with Gasteiger partial charge in [-0.1, -0.05) is 6.07 Å². The minimum Gasteiger partial charge on any atom is -0.477 e. The van der Waals surface area contributed by atoms with E-state index < -0.39 is 35.8 Å². The number of aliphatic carboxylic acids is 1. The van der Waals surface area contributed by atoms with Crippen LogP contribution in [0.5, 0.6) is 0 Å². The number of rotatable bonds is 4. The first-order valence-corrected chi connectivity index (χ1v) is 5.56. The monoisotopic (exact) mass is 374 g/mol. The molecule has 0 fully saturated rings. The molecule has 0 heterocycles.